The van der Waals surface area contributed by atoms with E-state index in [1.54, 1.807) is 4.68 Å². The van der Waals surface area contributed by atoms with Gasteiger partial charge in [-0.05, 0) is 39.7 Å². The molecule has 0 spiro atoms. The highest BCUT2D eigenvalue weighted by molar-refractivity contribution is 6.30. The highest BCUT2D eigenvalue weighted by Crippen LogP contribution is 2.25. The molecule has 0 atom stereocenters. The summed E-state index contributed by atoms with van der Waals surface area (Å²) in [5.74, 6) is 0. The molecule has 18 heavy (non-hydrogen) atoms. The SMILES string of the molecule is CNC1CCC(OCc2c(C)nn(C)c2Cl)CC1. The zero-order chi connectivity index (χ0) is 13.1. The Bertz CT molecular complexity index is 397. The molecule has 1 aliphatic rings. The molecule has 0 saturated heterocycles. The zero-order valence-electron chi connectivity index (χ0n) is 11.4. The topological polar surface area (TPSA) is 39.1 Å². The van der Waals surface area contributed by atoms with E-state index in [2.05, 4.69) is 10.4 Å². The summed E-state index contributed by atoms with van der Waals surface area (Å²) < 4.78 is 7.67. The first-order valence-corrected chi connectivity index (χ1v) is 6.96. The Labute approximate surface area is 114 Å². The molecular formula is C13H22ClN3O. The van der Waals surface area contributed by atoms with E-state index in [0.29, 0.717) is 23.9 Å². The van der Waals surface area contributed by atoms with Crippen LogP contribution in [0, 0.1) is 6.92 Å². The fourth-order valence-electron chi connectivity index (χ4n) is 2.56. The molecule has 2 rings (SSSR count). The quantitative estimate of drug-likeness (QED) is 0.914. The maximum absolute atomic E-state index is 6.19. The maximum atomic E-state index is 6.19. The Morgan fingerprint density at radius 3 is 2.56 bits per heavy atom. The minimum Gasteiger partial charge on any atom is -0.373 e. The highest BCUT2D eigenvalue weighted by atomic mass is 35.5. The lowest BCUT2D eigenvalue weighted by atomic mass is 9.93. The predicted molar refractivity (Wildman–Crippen MR) is 72.8 cm³/mol. The molecule has 102 valence electrons. The summed E-state index contributed by atoms with van der Waals surface area (Å²) in [4.78, 5) is 0. The van der Waals surface area contributed by atoms with Gasteiger partial charge in [0.25, 0.3) is 0 Å². The van der Waals surface area contributed by atoms with E-state index in [1.165, 1.54) is 12.8 Å². The summed E-state index contributed by atoms with van der Waals surface area (Å²) >= 11 is 6.19. The average Bonchev–Trinajstić information content (AvgIpc) is 2.62. The standard InChI is InChI=1S/C13H22ClN3O/c1-9-12(13(14)17(3)16-9)8-18-11-6-4-10(15-2)5-7-11/h10-11,15H,4-8H2,1-3H3. The minimum atomic E-state index is 0.366. The van der Waals surface area contributed by atoms with Gasteiger partial charge in [0.1, 0.15) is 5.15 Å². The Balaban J connectivity index is 1.85. The summed E-state index contributed by atoms with van der Waals surface area (Å²) in [5.41, 5.74) is 1.99. The monoisotopic (exact) mass is 271 g/mol. The Morgan fingerprint density at radius 1 is 1.39 bits per heavy atom. The number of ether oxygens (including phenoxy) is 1. The number of aromatic nitrogens is 2. The first-order valence-electron chi connectivity index (χ1n) is 6.58. The molecule has 5 heteroatoms. The largest absolute Gasteiger partial charge is 0.373 e. The smallest absolute Gasteiger partial charge is 0.132 e. The molecule has 4 nitrogen and oxygen atoms in total. The van der Waals surface area contributed by atoms with Crippen molar-refractivity contribution in [1.82, 2.24) is 15.1 Å². The van der Waals surface area contributed by atoms with Gasteiger partial charge in [-0.1, -0.05) is 11.6 Å². The molecule has 0 radical (unpaired) electrons. The van der Waals surface area contributed by atoms with Crippen LogP contribution in [0.5, 0.6) is 0 Å². The van der Waals surface area contributed by atoms with Crippen LogP contribution in [0.3, 0.4) is 0 Å². The van der Waals surface area contributed by atoms with Gasteiger partial charge < -0.3 is 10.1 Å². The number of rotatable bonds is 4. The van der Waals surface area contributed by atoms with Gasteiger partial charge in [0.2, 0.25) is 0 Å². The first kappa shape index (κ1) is 13.8. The van der Waals surface area contributed by atoms with Crippen LogP contribution in [0.1, 0.15) is 36.9 Å². The van der Waals surface area contributed by atoms with Crippen LogP contribution in [-0.4, -0.2) is 29.0 Å². The fourth-order valence-corrected chi connectivity index (χ4v) is 2.79. The van der Waals surface area contributed by atoms with Gasteiger partial charge in [-0.15, -0.1) is 0 Å². The van der Waals surface area contributed by atoms with Crippen molar-refractivity contribution in [3.05, 3.63) is 16.4 Å². The van der Waals surface area contributed by atoms with Crippen molar-refractivity contribution in [3.63, 3.8) is 0 Å². The highest BCUT2D eigenvalue weighted by Gasteiger charge is 2.21. The maximum Gasteiger partial charge on any atom is 0.132 e. The van der Waals surface area contributed by atoms with E-state index in [9.17, 15) is 0 Å². The lowest BCUT2D eigenvalue weighted by Crippen LogP contribution is -2.32. The normalized spacial score (nSPS) is 24.4. The van der Waals surface area contributed by atoms with E-state index >= 15 is 0 Å². The van der Waals surface area contributed by atoms with Gasteiger partial charge in [-0.2, -0.15) is 5.10 Å². The second-order valence-electron chi connectivity index (χ2n) is 5.05. The molecular weight excluding hydrogens is 250 g/mol. The molecule has 0 aromatic carbocycles. The van der Waals surface area contributed by atoms with Crippen molar-refractivity contribution >= 4 is 11.6 Å². The van der Waals surface area contributed by atoms with Crippen LogP contribution in [0.4, 0.5) is 0 Å². The van der Waals surface area contributed by atoms with Crippen LogP contribution in [0.15, 0.2) is 0 Å². The number of hydrogen-bond donors (Lipinski definition) is 1. The van der Waals surface area contributed by atoms with Gasteiger partial charge in [0, 0.05) is 18.7 Å². The third-order valence-corrected chi connectivity index (χ3v) is 4.29. The van der Waals surface area contributed by atoms with Gasteiger partial charge >= 0.3 is 0 Å². The zero-order valence-corrected chi connectivity index (χ0v) is 12.1. The molecule has 0 bridgehead atoms. The van der Waals surface area contributed by atoms with E-state index in [4.69, 9.17) is 16.3 Å². The molecule has 1 heterocycles. The fraction of sp³-hybridized carbons (Fsp3) is 0.769. The van der Waals surface area contributed by atoms with E-state index in [1.807, 2.05) is 21.0 Å². The molecule has 1 aromatic rings. The van der Waals surface area contributed by atoms with Crippen molar-refractivity contribution in [2.75, 3.05) is 7.05 Å². The number of nitrogens with zero attached hydrogens (tertiary/aromatic N) is 2. The van der Waals surface area contributed by atoms with Crippen molar-refractivity contribution in [1.29, 1.82) is 0 Å². The second-order valence-corrected chi connectivity index (χ2v) is 5.41. The van der Waals surface area contributed by atoms with E-state index < -0.39 is 0 Å². The summed E-state index contributed by atoms with van der Waals surface area (Å²) in [5, 5.41) is 8.32. The minimum absolute atomic E-state index is 0.366. The first-order chi connectivity index (χ1) is 8.61. The summed E-state index contributed by atoms with van der Waals surface area (Å²) in [6.45, 7) is 2.55. The van der Waals surface area contributed by atoms with Crippen LogP contribution in [0.2, 0.25) is 5.15 Å². The molecule has 1 aliphatic carbocycles. The lowest BCUT2D eigenvalue weighted by molar-refractivity contribution is 0.0116. The molecule has 1 saturated carbocycles. The van der Waals surface area contributed by atoms with Gasteiger partial charge in [-0.3, -0.25) is 4.68 Å². The number of halogens is 1. The van der Waals surface area contributed by atoms with Crippen LogP contribution < -0.4 is 5.32 Å². The summed E-state index contributed by atoms with van der Waals surface area (Å²) in [7, 11) is 3.89. The predicted octanol–water partition coefficient (Wildman–Crippen LogP) is 2.43. The molecule has 1 aromatic heterocycles. The molecule has 1 fully saturated rings. The summed E-state index contributed by atoms with van der Waals surface area (Å²) in [6.07, 6.45) is 5.01. The molecule has 1 N–H and O–H groups in total. The Morgan fingerprint density at radius 2 is 2.06 bits per heavy atom. The van der Waals surface area contributed by atoms with Crippen LogP contribution in [-0.2, 0) is 18.4 Å². The molecule has 0 unspecified atom stereocenters. The third kappa shape index (κ3) is 3.05. The number of nitrogens with one attached hydrogen (secondary N) is 1. The van der Waals surface area contributed by atoms with Gasteiger partial charge in [-0.25, -0.2) is 0 Å². The third-order valence-electron chi connectivity index (χ3n) is 3.82. The molecule has 0 aliphatic heterocycles. The van der Waals surface area contributed by atoms with Crippen molar-refractivity contribution in [3.8, 4) is 0 Å². The number of hydrogen-bond acceptors (Lipinski definition) is 3. The van der Waals surface area contributed by atoms with Crippen LogP contribution >= 0.6 is 11.6 Å². The lowest BCUT2D eigenvalue weighted by Gasteiger charge is -2.28. The average molecular weight is 272 g/mol. The van der Waals surface area contributed by atoms with Gasteiger partial charge in [0.15, 0.2) is 0 Å². The van der Waals surface area contributed by atoms with Crippen molar-refractivity contribution in [2.24, 2.45) is 7.05 Å². The second kappa shape index (κ2) is 6.04. The Hall–Kier alpha value is -0.580. The Kier molecular flexibility index (Phi) is 4.65. The van der Waals surface area contributed by atoms with Crippen molar-refractivity contribution < 1.29 is 4.74 Å². The summed E-state index contributed by atoms with van der Waals surface area (Å²) in [6, 6.07) is 0.661. The van der Waals surface area contributed by atoms with Gasteiger partial charge in [0.05, 0.1) is 18.4 Å². The van der Waals surface area contributed by atoms with E-state index in [0.717, 1.165) is 24.1 Å². The van der Waals surface area contributed by atoms with Crippen molar-refractivity contribution in [2.45, 2.75) is 51.4 Å². The molecule has 0 amide bonds. The number of aryl methyl sites for hydroxylation is 2. The van der Waals surface area contributed by atoms with Crippen LogP contribution in [0.25, 0.3) is 0 Å². The van der Waals surface area contributed by atoms with E-state index in [-0.39, 0.29) is 0 Å².